The van der Waals surface area contributed by atoms with Gasteiger partial charge in [-0.2, -0.15) is 0 Å². The molecule has 0 fully saturated rings. The van der Waals surface area contributed by atoms with Crippen LogP contribution in [0.4, 0.5) is 0 Å². The fraction of sp³-hybridized carbons (Fsp3) is 0.308. The van der Waals surface area contributed by atoms with Gasteiger partial charge in [-0.3, -0.25) is 0 Å². The van der Waals surface area contributed by atoms with Crippen LogP contribution in [-0.4, -0.2) is 11.1 Å². The first-order chi connectivity index (χ1) is 7.56. The summed E-state index contributed by atoms with van der Waals surface area (Å²) in [6, 6.07) is 7.41. The van der Waals surface area contributed by atoms with Gasteiger partial charge < -0.3 is 5.11 Å². The molecule has 1 aromatic heterocycles. The Balaban J connectivity index is 2.42. The Morgan fingerprint density at radius 3 is 2.75 bits per heavy atom. The van der Waals surface area contributed by atoms with Crippen molar-refractivity contribution in [3.05, 3.63) is 34.7 Å². The van der Waals surface area contributed by atoms with E-state index in [9.17, 15) is 4.79 Å². The van der Waals surface area contributed by atoms with E-state index in [-0.39, 0.29) is 0 Å². The molecule has 2 nitrogen and oxygen atoms in total. The molecule has 1 heterocycles. The average molecular weight is 234 g/mol. The van der Waals surface area contributed by atoms with Crippen LogP contribution in [-0.2, 0) is 6.42 Å². The van der Waals surface area contributed by atoms with Crippen molar-refractivity contribution in [1.82, 2.24) is 0 Å². The van der Waals surface area contributed by atoms with E-state index >= 15 is 0 Å². The third-order valence-electron chi connectivity index (χ3n) is 2.42. The topological polar surface area (TPSA) is 37.3 Å². The van der Waals surface area contributed by atoms with E-state index in [0.29, 0.717) is 11.5 Å². The summed E-state index contributed by atoms with van der Waals surface area (Å²) in [7, 11) is 0. The number of hydrogen-bond acceptors (Lipinski definition) is 2. The molecule has 0 saturated heterocycles. The molecule has 2 rings (SSSR count). The molecule has 1 N–H and O–H groups in total. The van der Waals surface area contributed by atoms with Gasteiger partial charge in [0.25, 0.3) is 0 Å². The van der Waals surface area contributed by atoms with E-state index in [0.717, 1.165) is 11.8 Å². The molecule has 0 aliphatic heterocycles. The molecule has 0 aliphatic rings. The summed E-state index contributed by atoms with van der Waals surface area (Å²) in [5, 5.41) is 9.94. The molecular formula is C13H14O2S. The van der Waals surface area contributed by atoms with Crippen LogP contribution >= 0.6 is 11.3 Å². The maximum absolute atomic E-state index is 10.8. The molecule has 0 spiro atoms. The zero-order valence-electron chi connectivity index (χ0n) is 9.36. The van der Waals surface area contributed by atoms with Crippen LogP contribution < -0.4 is 0 Å². The second-order valence-electron chi connectivity index (χ2n) is 4.37. The molecule has 0 radical (unpaired) electrons. The van der Waals surface area contributed by atoms with Crippen molar-refractivity contribution in [3.63, 3.8) is 0 Å². The van der Waals surface area contributed by atoms with Gasteiger partial charge in [0.05, 0.1) is 5.56 Å². The second kappa shape index (κ2) is 4.26. The van der Waals surface area contributed by atoms with Gasteiger partial charge in [-0.15, -0.1) is 11.3 Å². The third-order valence-corrected chi connectivity index (χ3v) is 3.56. The minimum atomic E-state index is -0.862. The molecule has 0 aliphatic carbocycles. The molecule has 3 heteroatoms. The smallest absolute Gasteiger partial charge is 0.335 e. The van der Waals surface area contributed by atoms with Crippen LogP contribution in [0, 0.1) is 5.92 Å². The lowest BCUT2D eigenvalue weighted by atomic mass is 10.1. The molecule has 0 bridgehead atoms. The van der Waals surface area contributed by atoms with Crippen molar-refractivity contribution in [3.8, 4) is 0 Å². The second-order valence-corrected chi connectivity index (χ2v) is 5.54. The number of aromatic carboxylic acids is 1. The normalized spacial score (nSPS) is 11.2. The first-order valence-electron chi connectivity index (χ1n) is 5.32. The third kappa shape index (κ3) is 2.25. The fourth-order valence-corrected chi connectivity index (χ4v) is 2.99. The molecule has 0 unspecified atom stereocenters. The number of fused-ring (bicyclic) bond motifs is 1. The zero-order chi connectivity index (χ0) is 11.7. The SMILES string of the molecule is CC(C)Cc1cc2cc(C(=O)O)ccc2s1. The van der Waals surface area contributed by atoms with Crippen molar-refractivity contribution in [2.75, 3.05) is 0 Å². The average Bonchev–Trinajstić information content (AvgIpc) is 2.56. The van der Waals surface area contributed by atoms with Gasteiger partial charge in [-0.25, -0.2) is 4.79 Å². The monoisotopic (exact) mass is 234 g/mol. The van der Waals surface area contributed by atoms with Gasteiger partial charge in [0, 0.05) is 9.58 Å². The van der Waals surface area contributed by atoms with Gasteiger partial charge >= 0.3 is 5.97 Å². The number of carboxylic acid groups (broad SMARTS) is 1. The van der Waals surface area contributed by atoms with E-state index in [1.54, 1.807) is 23.5 Å². The van der Waals surface area contributed by atoms with Crippen LogP contribution in [0.15, 0.2) is 24.3 Å². The highest BCUT2D eigenvalue weighted by atomic mass is 32.1. The van der Waals surface area contributed by atoms with Gasteiger partial charge in [-0.05, 0) is 42.0 Å². The van der Waals surface area contributed by atoms with E-state index in [4.69, 9.17) is 5.11 Å². The van der Waals surface area contributed by atoms with Crippen LogP contribution in [0.2, 0.25) is 0 Å². The Hall–Kier alpha value is -1.35. The van der Waals surface area contributed by atoms with Crippen molar-refractivity contribution in [2.45, 2.75) is 20.3 Å². The summed E-state index contributed by atoms with van der Waals surface area (Å²) >= 11 is 1.75. The van der Waals surface area contributed by atoms with Gasteiger partial charge in [0.15, 0.2) is 0 Å². The Labute approximate surface area is 98.5 Å². The lowest BCUT2D eigenvalue weighted by molar-refractivity contribution is 0.0697. The largest absolute Gasteiger partial charge is 0.478 e. The highest BCUT2D eigenvalue weighted by Crippen LogP contribution is 2.28. The molecule has 1 aromatic carbocycles. The molecule has 16 heavy (non-hydrogen) atoms. The summed E-state index contributed by atoms with van der Waals surface area (Å²) in [5.41, 5.74) is 0.362. The molecule has 0 atom stereocenters. The lowest BCUT2D eigenvalue weighted by Crippen LogP contribution is -1.94. The van der Waals surface area contributed by atoms with Gasteiger partial charge in [0.1, 0.15) is 0 Å². The fourth-order valence-electron chi connectivity index (χ4n) is 1.73. The minimum Gasteiger partial charge on any atom is -0.478 e. The summed E-state index contributed by atoms with van der Waals surface area (Å²) in [4.78, 5) is 12.2. The highest BCUT2D eigenvalue weighted by molar-refractivity contribution is 7.19. The maximum Gasteiger partial charge on any atom is 0.335 e. The lowest BCUT2D eigenvalue weighted by Gasteiger charge is -1.98. The number of carbonyl (C=O) groups is 1. The van der Waals surface area contributed by atoms with E-state index < -0.39 is 5.97 Å². The summed E-state index contributed by atoms with van der Waals surface area (Å²) in [6.07, 6.45) is 1.06. The predicted octanol–water partition coefficient (Wildman–Crippen LogP) is 3.80. The number of hydrogen-bond donors (Lipinski definition) is 1. The molecule has 0 saturated carbocycles. The standard InChI is InChI=1S/C13H14O2S/c1-8(2)5-11-7-10-6-9(13(14)15)3-4-12(10)16-11/h3-4,6-8H,5H2,1-2H3,(H,14,15). The molecule has 84 valence electrons. The number of benzene rings is 1. The van der Waals surface area contributed by atoms with Crippen molar-refractivity contribution >= 4 is 27.4 Å². The number of thiophene rings is 1. The van der Waals surface area contributed by atoms with Crippen molar-refractivity contribution in [1.29, 1.82) is 0 Å². The Morgan fingerprint density at radius 1 is 1.38 bits per heavy atom. The van der Waals surface area contributed by atoms with E-state index in [2.05, 4.69) is 19.9 Å². The first kappa shape index (κ1) is 11.1. The zero-order valence-corrected chi connectivity index (χ0v) is 10.2. The quantitative estimate of drug-likeness (QED) is 0.877. The van der Waals surface area contributed by atoms with Crippen LogP contribution in [0.5, 0.6) is 0 Å². The van der Waals surface area contributed by atoms with Crippen LogP contribution in [0.1, 0.15) is 29.1 Å². The molecule has 2 aromatic rings. The molecular weight excluding hydrogens is 220 g/mol. The van der Waals surface area contributed by atoms with Crippen molar-refractivity contribution < 1.29 is 9.90 Å². The Morgan fingerprint density at radius 2 is 2.12 bits per heavy atom. The van der Waals surface area contributed by atoms with E-state index in [1.807, 2.05) is 6.07 Å². The van der Waals surface area contributed by atoms with Gasteiger partial charge in [0.2, 0.25) is 0 Å². The van der Waals surface area contributed by atoms with E-state index in [1.165, 1.54) is 9.58 Å². The van der Waals surface area contributed by atoms with Gasteiger partial charge in [-0.1, -0.05) is 13.8 Å². The Bertz CT molecular complexity index is 526. The minimum absolute atomic E-state index is 0.362. The van der Waals surface area contributed by atoms with Crippen LogP contribution in [0.25, 0.3) is 10.1 Å². The summed E-state index contributed by atoms with van der Waals surface area (Å²) in [6.45, 7) is 4.38. The molecule has 0 amide bonds. The predicted molar refractivity (Wildman–Crippen MR) is 67.3 cm³/mol. The summed E-state index contributed by atoms with van der Waals surface area (Å²) < 4.78 is 1.17. The first-order valence-corrected chi connectivity index (χ1v) is 6.13. The number of rotatable bonds is 3. The highest BCUT2D eigenvalue weighted by Gasteiger charge is 2.07. The van der Waals surface area contributed by atoms with Crippen molar-refractivity contribution in [2.24, 2.45) is 5.92 Å². The Kier molecular flexibility index (Phi) is 2.97. The number of carboxylic acids is 1. The maximum atomic E-state index is 10.8. The summed E-state index contributed by atoms with van der Waals surface area (Å²) in [5.74, 6) is -0.231. The van der Waals surface area contributed by atoms with Crippen LogP contribution in [0.3, 0.4) is 0 Å².